The quantitative estimate of drug-likeness (QED) is 0.771. The van der Waals surface area contributed by atoms with E-state index >= 15 is 0 Å². The Balaban J connectivity index is 2.36. The number of nitrogens with one attached hydrogen (secondary N) is 1. The van der Waals surface area contributed by atoms with Gasteiger partial charge in [0.25, 0.3) is 0 Å². The third-order valence-corrected chi connectivity index (χ3v) is 3.36. The number of aromatic amines is 1. The van der Waals surface area contributed by atoms with Gasteiger partial charge in [0.05, 0.1) is 6.10 Å². The van der Waals surface area contributed by atoms with E-state index in [2.05, 4.69) is 15.1 Å². The van der Waals surface area contributed by atoms with Gasteiger partial charge in [0.15, 0.2) is 5.16 Å². The molecule has 2 aromatic rings. The topological polar surface area (TPSA) is 101 Å². The van der Waals surface area contributed by atoms with E-state index in [9.17, 15) is 14.7 Å². The molecule has 100 valence electrons. The minimum absolute atomic E-state index is 0.319. The number of pyridine rings is 1. The Morgan fingerprint density at radius 1 is 1.47 bits per heavy atom. The Labute approximate surface area is 112 Å². The van der Waals surface area contributed by atoms with Crippen molar-refractivity contribution >= 4 is 11.8 Å². The highest BCUT2D eigenvalue weighted by Gasteiger charge is 2.09. The lowest BCUT2D eigenvalue weighted by Crippen LogP contribution is -2.33. The molecule has 0 aliphatic rings. The molecule has 0 saturated carbocycles. The predicted octanol–water partition coefficient (Wildman–Crippen LogP) is 0.0681. The Bertz CT molecular complexity index is 708. The van der Waals surface area contributed by atoms with Gasteiger partial charge in [0.2, 0.25) is 0 Å². The third-order valence-electron chi connectivity index (χ3n) is 2.38. The molecule has 7 nitrogen and oxygen atoms in total. The van der Waals surface area contributed by atoms with Crippen LogP contribution >= 0.6 is 11.8 Å². The van der Waals surface area contributed by atoms with Gasteiger partial charge >= 0.3 is 11.1 Å². The molecule has 0 aliphatic heterocycles. The summed E-state index contributed by atoms with van der Waals surface area (Å²) in [6.45, 7) is 1.65. The maximum Gasteiger partial charge on any atom is 0.339 e. The van der Waals surface area contributed by atoms with Crippen LogP contribution in [0.25, 0.3) is 0 Å². The predicted molar refractivity (Wildman–Crippen MR) is 69.1 cm³/mol. The number of aryl methyl sites for hydroxylation is 1. The summed E-state index contributed by atoms with van der Waals surface area (Å²) in [5.74, 6) is 0. The first kappa shape index (κ1) is 13.5. The van der Waals surface area contributed by atoms with E-state index < -0.39 is 17.2 Å². The molecule has 0 bridgehead atoms. The first-order chi connectivity index (χ1) is 8.97. The van der Waals surface area contributed by atoms with Crippen LogP contribution in [0.15, 0.2) is 38.1 Å². The van der Waals surface area contributed by atoms with E-state index in [4.69, 9.17) is 0 Å². The summed E-state index contributed by atoms with van der Waals surface area (Å²) >= 11 is 1.13. The van der Waals surface area contributed by atoms with Crippen molar-refractivity contribution in [3.63, 3.8) is 0 Å². The molecule has 2 rings (SSSR count). The Kier molecular flexibility index (Phi) is 3.82. The second kappa shape index (κ2) is 5.37. The molecule has 0 saturated heterocycles. The largest absolute Gasteiger partial charge is 0.389 e. The lowest BCUT2D eigenvalue weighted by atomic mass is 10.2. The summed E-state index contributed by atoms with van der Waals surface area (Å²) in [7, 11) is 1.58. The van der Waals surface area contributed by atoms with Crippen molar-refractivity contribution in [2.24, 2.45) is 7.05 Å². The van der Waals surface area contributed by atoms with Gasteiger partial charge in [-0.25, -0.2) is 4.98 Å². The number of hydrogen-bond donors (Lipinski definition) is 2. The summed E-state index contributed by atoms with van der Waals surface area (Å²) in [5, 5.41) is 12.7. The van der Waals surface area contributed by atoms with Gasteiger partial charge in [0.1, 0.15) is 5.03 Å². The van der Waals surface area contributed by atoms with Gasteiger partial charge in [-0.15, -0.1) is 0 Å². The van der Waals surface area contributed by atoms with Crippen molar-refractivity contribution in [3.8, 4) is 0 Å². The molecular formula is C11H12N4O3S. The number of aliphatic hydroxyl groups excluding tert-OH is 1. The molecule has 0 aliphatic carbocycles. The molecule has 0 spiro atoms. The Morgan fingerprint density at radius 2 is 2.21 bits per heavy atom. The molecule has 19 heavy (non-hydrogen) atoms. The molecule has 2 aromatic heterocycles. The van der Waals surface area contributed by atoms with E-state index in [1.807, 2.05) is 0 Å². The number of H-pyrrole nitrogens is 1. The second-order valence-electron chi connectivity index (χ2n) is 3.90. The highest BCUT2D eigenvalue weighted by atomic mass is 32.2. The van der Waals surface area contributed by atoms with Gasteiger partial charge in [-0.05, 0) is 36.4 Å². The summed E-state index contributed by atoms with van der Waals surface area (Å²) in [6.07, 6.45) is 0.962. The van der Waals surface area contributed by atoms with Crippen LogP contribution in [0.2, 0.25) is 0 Å². The molecule has 0 aromatic carbocycles. The summed E-state index contributed by atoms with van der Waals surface area (Å²) in [6, 6.07) is 3.40. The second-order valence-corrected chi connectivity index (χ2v) is 4.89. The molecule has 2 heterocycles. The maximum atomic E-state index is 11.2. The standard InChI is InChI=1S/C11H12N4O3S/c1-6(16)7-3-4-12-8(5-7)19-11-13-9(17)10(18)14-15(11)2/h3-6,16H,1-2H3,(H,14,18). The first-order valence-corrected chi connectivity index (χ1v) is 6.28. The highest BCUT2D eigenvalue weighted by molar-refractivity contribution is 7.99. The Morgan fingerprint density at radius 3 is 2.89 bits per heavy atom. The fraction of sp³-hybridized carbons (Fsp3) is 0.273. The zero-order valence-corrected chi connectivity index (χ0v) is 11.1. The third kappa shape index (κ3) is 3.09. The van der Waals surface area contributed by atoms with Gasteiger partial charge < -0.3 is 5.11 Å². The molecule has 8 heteroatoms. The lowest BCUT2D eigenvalue weighted by molar-refractivity contribution is 0.199. The van der Waals surface area contributed by atoms with E-state index in [0.717, 1.165) is 11.8 Å². The van der Waals surface area contributed by atoms with Gasteiger partial charge in [-0.3, -0.25) is 19.4 Å². The normalized spacial score (nSPS) is 12.4. The van der Waals surface area contributed by atoms with Crippen LogP contribution in [0.5, 0.6) is 0 Å². The summed E-state index contributed by atoms with van der Waals surface area (Å²) in [5.41, 5.74) is -0.892. The van der Waals surface area contributed by atoms with Gasteiger partial charge in [-0.1, -0.05) is 0 Å². The molecule has 0 radical (unpaired) electrons. The van der Waals surface area contributed by atoms with Crippen molar-refractivity contribution in [3.05, 3.63) is 44.6 Å². The van der Waals surface area contributed by atoms with Crippen LogP contribution < -0.4 is 11.1 Å². The molecule has 1 unspecified atom stereocenters. The first-order valence-electron chi connectivity index (χ1n) is 5.46. The van der Waals surface area contributed by atoms with Crippen molar-refractivity contribution in [1.29, 1.82) is 0 Å². The molecule has 0 amide bonds. The van der Waals surface area contributed by atoms with E-state index in [1.165, 1.54) is 4.68 Å². The Hall–Kier alpha value is -1.93. The minimum atomic E-state index is -0.840. The van der Waals surface area contributed by atoms with Crippen molar-refractivity contribution < 1.29 is 5.11 Å². The van der Waals surface area contributed by atoms with Crippen molar-refractivity contribution in [2.45, 2.75) is 23.2 Å². The molecule has 1 atom stereocenters. The average Bonchev–Trinajstić information content (AvgIpc) is 2.36. The fourth-order valence-corrected chi connectivity index (χ4v) is 2.19. The molecule has 2 N–H and O–H groups in total. The van der Waals surface area contributed by atoms with Crippen LogP contribution in [0.3, 0.4) is 0 Å². The van der Waals surface area contributed by atoms with Crippen LogP contribution in [-0.4, -0.2) is 24.9 Å². The highest BCUT2D eigenvalue weighted by Crippen LogP contribution is 2.24. The van der Waals surface area contributed by atoms with Crippen LogP contribution in [0, 0.1) is 0 Å². The number of aromatic nitrogens is 4. The molecular weight excluding hydrogens is 268 g/mol. The smallest absolute Gasteiger partial charge is 0.339 e. The van der Waals surface area contributed by atoms with Crippen LogP contribution in [0.1, 0.15) is 18.6 Å². The fourth-order valence-electron chi connectivity index (χ4n) is 1.39. The van der Waals surface area contributed by atoms with Crippen molar-refractivity contribution in [1.82, 2.24) is 19.7 Å². The SMILES string of the molecule is CC(O)c1ccnc(Sc2nc(=O)c(=O)[nH]n2C)c1. The zero-order chi connectivity index (χ0) is 14.0. The maximum absolute atomic E-state index is 11.2. The van der Waals surface area contributed by atoms with Crippen molar-refractivity contribution in [2.75, 3.05) is 0 Å². The van der Waals surface area contributed by atoms with E-state index in [0.29, 0.717) is 15.7 Å². The van der Waals surface area contributed by atoms with Crippen LogP contribution in [0.4, 0.5) is 0 Å². The van der Waals surface area contributed by atoms with Gasteiger partial charge in [0, 0.05) is 13.2 Å². The lowest BCUT2D eigenvalue weighted by Gasteiger charge is -2.07. The number of nitrogens with zero attached hydrogens (tertiary/aromatic N) is 3. The number of aliphatic hydroxyl groups is 1. The summed E-state index contributed by atoms with van der Waals surface area (Å²) < 4.78 is 1.35. The molecule has 0 fully saturated rings. The van der Waals surface area contributed by atoms with E-state index in [-0.39, 0.29) is 0 Å². The minimum Gasteiger partial charge on any atom is -0.389 e. The van der Waals surface area contributed by atoms with Gasteiger partial charge in [-0.2, -0.15) is 4.98 Å². The zero-order valence-electron chi connectivity index (χ0n) is 10.3. The number of hydrogen-bond acceptors (Lipinski definition) is 6. The number of rotatable bonds is 3. The van der Waals surface area contributed by atoms with E-state index in [1.54, 1.807) is 32.3 Å². The van der Waals surface area contributed by atoms with Crippen LogP contribution in [-0.2, 0) is 7.05 Å². The summed E-state index contributed by atoms with van der Waals surface area (Å²) in [4.78, 5) is 30.1. The monoisotopic (exact) mass is 280 g/mol. The average molecular weight is 280 g/mol.